The van der Waals surface area contributed by atoms with Crippen molar-refractivity contribution in [2.45, 2.75) is 38.7 Å². The Kier molecular flexibility index (Phi) is 3.88. The summed E-state index contributed by atoms with van der Waals surface area (Å²) in [6.45, 7) is 5.25. The van der Waals surface area contributed by atoms with Crippen molar-refractivity contribution in [2.24, 2.45) is 11.8 Å². The van der Waals surface area contributed by atoms with Crippen LogP contribution in [0.2, 0.25) is 5.02 Å². The number of hydrogen-bond donors (Lipinski definition) is 1. The maximum atomic E-state index is 12.6. The highest BCUT2D eigenvalue weighted by Crippen LogP contribution is 2.38. The van der Waals surface area contributed by atoms with Gasteiger partial charge in [-0.05, 0) is 18.8 Å². The van der Waals surface area contributed by atoms with Gasteiger partial charge in [0.25, 0.3) is 5.91 Å². The number of fused-ring (bicyclic) bond motifs is 1. The van der Waals surface area contributed by atoms with Crippen LogP contribution in [0, 0.1) is 11.8 Å². The Bertz CT molecular complexity index is 564. The van der Waals surface area contributed by atoms with Gasteiger partial charge >= 0.3 is 0 Å². The molecule has 2 aliphatic rings. The van der Waals surface area contributed by atoms with Crippen LogP contribution in [0.4, 0.5) is 0 Å². The Labute approximate surface area is 129 Å². The van der Waals surface area contributed by atoms with E-state index in [0.29, 0.717) is 29.9 Å². The van der Waals surface area contributed by atoms with Crippen molar-refractivity contribution in [3.8, 4) is 0 Å². The number of likely N-dealkylation sites (tertiary alicyclic amines) is 1. The van der Waals surface area contributed by atoms with Crippen LogP contribution in [0.25, 0.3) is 0 Å². The number of aromatic nitrogens is 2. The first kappa shape index (κ1) is 14.7. The van der Waals surface area contributed by atoms with Crippen LogP contribution >= 0.6 is 11.6 Å². The molecule has 0 aromatic carbocycles. The second-order valence-corrected chi connectivity index (χ2v) is 6.77. The Morgan fingerprint density at radius 3 is 2.86 bits per heavy atom. The molecule has 1 N–H and O–H groups in total. The normalized spacial score (nSPS) is 28.2. The predicted octanol–water partition coefficient (Wildman–Crippen LogP) is 2.10. The molecule has 3 atom stereocenters. The van der Waals surface area contributed by atoms with Gasteiger partial charge in [-0.25, -0.2) is 9.97 Å². The highest BCUT2D eigenvalue weighted by atomic mass is 35.5. The number of rotatable bonds is 2. The molecule has 3 rings (SSSR count). The van der Waals surface area contributed by atoms with Gasteiger partial charge in [-0.15, -0.1) is 0 Å². The lowest BCUT2D eigenvalue weighted by molar-refractivity contribution is 0.0746. The van der Waals surface area contributed by atoms with Crippen molar-refractivity contribution < 1.29 is 9.90 Å². The Hall–Kier alpha value is -1.20. The van der Waals surface area contributed by atoms with E-state index in [1.807, 2.05) is 13.8 Å². The highest BCUT2D eigenvalue weighted by molar-refractivity contribution is 6.33. The minimum Gasteiger partial charge on any atom is -0.393 e. The second-order valence-electron chi connectivity index (χ2n) is 6.36. The summed E-state index contributed by atoms with van der Waals surface area (Å²) in [5, 5.41) is 10.2. The monoisotopic (exact) mass is 309 g/mol. The molecule has 2 fully saturated rings. The summed E-state index contributed by atoms with van der Waals surface area (Å²) in [6.07, 6.45) is 3.07. The standard InChI is InChI=1S/C15H20ClN3O2/c1-8(2)14-17-5-11(16)13(18-14)15(21)19-6-9-3-4-12(20)10(9)7-19/h5,8-10,12,20H,3-4,6-7H2,1-2H3. The van der Waals surface area contributed by atoms with Gasteiger partial charge in [-0.3, -0.25) is 4.79 Å². The van der Waals surface area contributed by atoms with Crippen molar-refractivity contribution in [1.82, 2.24) is 14.9 Å². The molecule has 0 bridgehead atoms. The summed E-state index contributed by atoms with van der Waals surface area (Å²) in [4.78, 5) is 22.9. The average molecular weight is 310 g/mol. The van der Waals surface area contributed by atoms with Gasteiger partial charge in [0.2, 0.25) is 0 Å². The fraction of sp³-hybridized carbons (Fsp3) is 0.667. The predicted molar refractivity (Wildman–Crippen MR) is 79.3 cm³/mol. The van der Waals surface area contributed by atoms with Crippen LogP contribution < -0.4 is 0 Å². The van der Waals surface area contributed by atoms with E-state index in [0.717, 1.165) is 12.8 Å². The lowest BCUT2D eigenvalue weighted by Crippen LogP contribution is -2.32. The lowest BCUT2D eigenvalue weighted by atomic mass is 10.00. The van der Waals surface area contributed by atoms with Crippen molar-refractivity contribution in [3.63, 3.8) is 0 Å². The molecule has 1 amide bonds. The lowest BCUT2D eigenvalue weighted by Gasteiger charge is -2.19. The molecule has 1 aromatic heterocycles. The molecule has 21 heavy (non-hydrogen) atoms. The Morgan fingerprint density at radius 1 is 1.43 bits per heavy atom. The molecule has 1 saturated carbocycles. The fourth-order valence-corrected chi connectivity index (χ4v) is 3.53. The number of nitrogens with zero attached hydrogens (tertiary/aromatic N) is 3. The number of carbonyl (C=O) groups excluding carboxylic acids is 1. The highest BCUT2D eigenvalue weighted by Gasteiger charge is 2.43. The van der Waals surface area contributed by atoms with Crippen LogP contribution in [0.15, 0.2) is 6.20 Å². The van der Waals surface area contributed by atoms with Crippen molar-refractivity contribution in [1.29, 1.82) is 0 Å². The molecule has 0 spiro atoms. The molecular formula is C15H20ClN3O2. The summed E-state index contributed by atoms with van der Waals surface area (Å²) in [5.41, 5.74) is 0.282. The quantitative estimate of drug-likeness (QED) is 0.908. The average Bonchev–Trinajstić information content (AvgIpc) is 3.01. The van der Waals surface area contributed by atoms with E-state index >= 15 is 0 Å². The number of carbonyl (C=O) groups is 1. The van der Waals surface area contributed by atoms with E-state index < -0.39 is 0 Å². The maximum absolute atomic E-state index is 12.6. The minimum atomic E-state index is -0.278. The van der Waals surface area contributed by atoms with Crippen molar-refractivity contribution in [2.75, 3.05) is 13.1 Å². The third-order valence-corrected chi connectivity index (χ3v) is 4.86. The molecule has 3 unspecified atom stereocenters. The van der Waals surface area contributed by atoms with E-state index in [2.05, 4.69) is 9.97 Å². The minimum absolute atomic E-state index is 0.147. The topological polar surface area (TPSA) is 66.3 Å². The molecule has 1 saturated heterocycles. The first-order valence-electron chi connectivity index (χ1n) is 7.47. The van der Waals surface area contributed by atoms with Crippen LogP contribution in [0.3, 0.4) is 0 Å². The van der Waals surface area contributed by atoms with Crippen molar-refractivity contribution in [3.05, 3.63) is 22.7 Å². The largest absolute Gasteiger partial charge is 0.393 e. The summed E-state index contributed by atoms with van der Waals surface area (Å²) in [5.74, 6) is 1.25. The zero-order chi connectivity index (χ0) is 15.1. The molecule has 5 nitrogen and oxygen atoms in total. The third-order valence-electron chi connectivity index (χ3n) is 4.59. The smallest absolute Gasteiger partial charge is 0.274 e. The van der Waals surface area contributed by atoms with Gasteiger partial charge in [0.15, 0.2) is 5.69 Å². The first-order valence-corrected chi connectivity index (χ1v) is 7.85. The van der Waals surface area contributed by atoms with Crippen LogP contribution in [-0.2, 0) is 0 Å². The molecule has 1 aliphatic carbocycles. The van der Waals surface area contributed by atoms with Gasteiger partial charge in [0.05, 0.1) is 17.3 Å². The van der Waals surface area contributed by atoms with Gasteiger partial charge < -0.3 is 10.0 Å². The number of amides is 1. The van der Waals surface area contributed by atoms with Crippen LogP contribution in [0.5, 0.6) is 0 Å². The van der Waals surface area contributed by atoms with Gasteiger partial charge in [-0.2, -0.15) is 0 Å². The number of halogens is 1. The summed E-state index contributed by atoms with van der Waals surface area (Å²) < 4.78 is 0. The molecular weight excluding hydrogens is 290 g/mol. The van der Waals surface area contributed by atoms with Gasteiger partial charge in [0.1, 0.15) is 5.82 Å². The zero-order valence-electron chi connectivity index (χ0n) is 12.3. The number of aliphatic hydroxyl groups excluding tert-OH is 1. The zero-order valence-corrected chi connectivity index (χ0v) is 13.0. The van der Waals surface area contributed by atoms with E-state index in [-0.39, 0.29) is 29.5 Å². The molecule has 0 radical (unpaired) electrons. The molecule has 1 aliphatic heterocycles. The van der Waals surface area contributed by atoms with Crippen molar-refractivity contribution >= 4 is 17.5 Å². The molecule has 114 valence electrons. The van der Waals surface area contributed by atoms with E-state index in [4.69, 9.17) is 11.6 Å². The number of hydrogen-bond acceptors (Lipinski definition) is 4. The van der Waals surface area contributed by atoms with E-state index in [1.54, 1.807) is 4.90 Å². The van der Waals surface area contributed by atoms with Gasteiger partial charge in [-0.1, -0.05) is 25.4 Å². The number of aliphatic hydroxyl groups is 1. The van der Waals surface area contributed by atoms with Gasteiger partial charge in [0, 0.05) is 24.9 Å². The summed E-state index contributed by atoms with van der Waals surface area (Å²) in [6, 6.07) is 0. The SMILES string of the molecule is CC(C)c1ncc(Cl)c(C(=O)N2CC3CCC(O)C3C2)n1. The fourth-order valence-electron chi connectivity index (χ4n) is 3.36. The first-order chi connectivity index (χ1) is 9.97. The molecule has 2 heterocycles. The second kappa shape index (κ2) is 5.54. The third kappa shape index (κ3) is 2.64. The molecule has 1 aromatic rings. The van der Waals surface area contributed by atoms with E-state index in [1.165, 1.54) is 6.20 Å². The Morgan fingerprint density at radius 2 is 2.19 bits per heavy atom. The maximum Gasteiger partial charge on any atom is 0.274 e. The summed E-state index contributed by atoms with van der Waals surface area (Å²) >= 11 is 6.10. The van der Waals surface area contributed by atoms with E-state index in [9.17, 15) is 9.90 Å². The molecule has 6 heteroatoms. The van der Waals surface area contributed by atoms with Crippen LogP contribution in [0.1, 0.15) is 48.9 Å². The van der Waals surface area contributed by atoms with Crippen LogP contribution in [-0.4, -0.2) is 45.1 Å². The Balaban J connectivity index is 1.81. The summed E-state index contributed by atoms with van der Waals surface area (Å²) in [7, 11) is 0.